The van der Waals surface area contributed by atoms with Crippen LogP contribution in [0.1, 0.15) is 29.9 Å². The van der Waals surface area contributed by atoms with E-state index in [0.717, 1.165) is 5.56 Å². The van der Waals surface area contributed by atoms with Crippen LogP contribution in [-0.4, -0.2) is 16.7 Å². The SMILES string of the molecule is Fc1cc([C@H]2OCC[C@@H]2c2nc(-c3cccc(Cl)c3)no2)ccc1Cl. The summed E-state index contributed by atoms with van der Waals surface area (Å²) in [4.78, 5) is 4.48. The largest absolute Gasteiger partial charge is 0.373 e. The molecule has 0 bridgehead atoms. The van der Waals surface area contributed by atoms with Crippen molar-refractivity contribution < 1.29 is 13.7 Å². The number of aromatic nitrogens is 2. The maximum atomic E-state index is 13.8. The lowest BCUT2D eigenvalue weighted by Gasteiger charge is -2.16. The summed E-state index contributed by atoms with van der Waals surface area (Å²) in [6, 6.07) is 11.9. The Morgan fingerprint density at radius 2 is 2.00 bits per heavy atom. The third kappa shape index (κ3) is 3.27. The molecule has 0 amide bonds. The summed E-state index contributed by atoms with van der Waals surface area (Å²) in [5, 5.41) is 4.72. The van der Waals surface area contributed by atoms with Gasteiger partial charge in [0.2, 0.25) is 11.7 Å². The molecule has 1 fully saturated rings. The van der Waals surface area contributed by atoms with Gasteiger partial charge in [0.05, 0.1) is 17.0 Å². The van der Waals surface area contributed by atoms with Crippen molar-refractivity contribution in [3.05, 3.63) is 69.8 Å². The molecule has 128 valence electrons. The minimum atomic E-state index is -0.474. The minimum absolute atomic E-state index is 0.0827. The molecule has 7 heteroatoms. The Morgan fingerprint density at radius 3 is 2.80 bits per heavy atom. The first kappa shape index (κ1) is 16.5. The molecule has 4 rings (SSSR count). The standard InChI is InChI=1S/C18H13Cl2FN2O2/c19-12-3-1-2-11(8-12)17-22-18(25-23-17)13-6-7-24-16(13)10-4-5-14(20)15(21)9-10/h1-5,8-9,13,16H,6-7H2/t13-,16+/m0/s1. The molecule has 1 aliphatic heterocycles. The Bertz CT molecular complexity index is 916. The van der Waals surface area contributed by atoms with E-state index < -0.39 is 5.82 Å². The summed E-state index contributed by atoms with van der Waals surface area (Å²) in [6.45, 7) is 0.536. The molecule has 2 atom stereocenters. The number of nitrogens with zero attached hydrogens (tertiary/aromatic N) is 2. The van der Waals surface area contributed by atoms with Gasteiger partial charge in [-0.15, -0.1) is 0 Å². The Balaban J connectivity index is 1.63. The van der Waals surface area contributed by atoms with E-state index in [-0.39, 0.29) is 17.0 Å². The highest BCUT2D eigenvalue weighted by atomic mass is 35.5. The van der Waals surface area contributed by atoms with Crippen LogP contribution < -0.4 is 0 Å². The van der Waals surface area contributed by atoms with Gasteiger partial charge in [-0.25, -0.2) is 4.39 Å². The highest BCUT2D eigenvalue weighted by Gasteiger charge is 2.35. The second kappa shape index (κ2) is 6.75. The molecule has 1 aromatic heterocycles. The van der Waals surface area contributed by atoms with Crippen LogP contribution in [0.25, 0.3) is 11.4 Å². The highest BCUT2D eigenvalue weighted by molar-refractivity contribution is 6.31. The van der Waals surface area contributed by atoms with Gasteiger partial charge >= 0.3 is 0 Å². The van der Waals surface area contributed by atoms with E-state index in [4.69, 9.17) is 32.5 Å². The van der Waals surface area contributed by atoms with Crippen LogP contribution in [0.5, 0.6) is 0 Å². The van der Waals surface area contributed by atoms with Gasteiger partial charge in [0, 0.05) is 17.2 Å². The second-order valence-electron chi connectivity index (χ2n) is 5.83. The summed E-state index contributed by atoms with van der Waals surface area (Å²) in [5.41, 5.74) is 1.47. The zero-order valence-electron chi connectivity index (χ0n) is 13.0. The van der Waals surface area contributed by atoms with Crippen molar-refractivity contribution in [1.82, 2.24) is 10.1 Å². The van der Waals surface area contributed by atoms with Crippen LogP contribution in [0.3, 0.4) is 0 Å². The van der Waals surface area contributed by atoms with Crippen molar-refractivity contribution in [3.63, 3.8) is 0 Å². The van der Waals surface area contributed by atoms with Crippen LogP contribution in [0.2, 0.25) is 10.0 Å². The predicted octanol–water partition coefficient (Wildman–Crippen LogP) is 5.43. The first-order valence-electron chi connectivity index (χ1n) is 7.78. The summed E-state index contributed by atoms with van der Waals surface area (Å²) < 4.78 is 25.0. The molecule has 0 saturated carbocycles. The summed E-state index contributed by atoms with van der Waals surface area (Å²) in [5.74, 6) is 0.317. The maximum Gasteiger partial charge on any atom is 0.233 e. The summed E-state index contributed by atoms with van der Waals surface area (Å²) in [7, 11) is 0. The van der Waals surface area contributed by atoms with Crippen molar-refractivity contribution in [1.29, 1.82) is 0 Å². The zero-order chi connectivity index (χ0) is 17.4. The number of benzene rings is 2. The molecule has 2 aromatic carbocycles. The van der Waals surface area contributed by atoms with Crippen molar-refractivity contribution in [2.75, 3.05) is 6.61 Å². The minimum Gasteiger partial charge on any atom is -0.373 e. The molecule has 25 heavy (non-hydrogen) atoms. The lowest BCUT2D eigenvalue weighted by molar-refractivity contribution is 0.0984. The van der Waals surface area contributed by atoms with Gasteiger partial charge in [-0.3, -0.25) is 0 Å². The van der Waals surface area contributed by atoms with Crippen LogP contribution in [-0.2, 0) is 4.74 Å². The second-order valence-corrected chi connectivity index (χ2v) is 6.67. The van der Waals surface area contributed by atoms with Gasteiger partial charge in [0.15, 0.2) is 0 Å². The van der Waals surface area contributed by atoms with Gasteiger partial charge < -0.3 is 9.26 Å². The Kier molecular flexibility index (Phi) is 4.46. The van der Waals surface area contributed by atoms with E-state index in [1.807, 2.05) is 12.1 Å². The average molecular weight is 379 g/mol. The number of hydrogen-bond donors (Lipinski definition) is 0. The van der Waals surface area contributed by atoms with E-state index in [9.17, 15) is 4.39 Å². The number of rotatable bonds is 3. The van der Waals surface area contributed by atoms with Crippen LogP contribution in [0.15, 0.2) is 47.0 Å². The molecule has 1 saturated heterocycles. The van der Waals surface area contributed by atoms with Crippen LogP contribution >= 0.6 is 23.2 Å². The van der Waals surface area contributed by atoms with Crippen molar-refractivity contribution in [3.8, 4) is 11.4 Å². The molecule has 0 N–H and O–H groups in total. The van der Waals surface area contributed by atoms with E-state index in [2.05, 4.69) is 10.1 Å². The van der Waals surface area contributed by atoms with E-state index >= 15 is 0 Å². The molecule has 4 nitrogen and oxygen atoms in total. The normalized spacial score (nSPS) is 20.1. The van der Waals surface area contributed by atoms with E-state index in [1.165, 1.54) is 12.1 Å². The number of halogens is 3. The molecule has 0 unspecified atom stereocenters. The molecule has 1 aliphatic rings. The topological polar surface area (TPSA) is 48.2 Å². The third-order valence-corrected chi connectivity index (χ3v) is 4.75. The monoisotopic (exact) mass is 378 g/mol. The number of ether oxygens (including phenoxy) is 1. The molecule has 0 aliphatic carbocycles. The molecule has 2 heterocycles. The highest BCUT2D eigenvalue weighted by Crippen LogP contribution is 2.42. The van der Waals surface area contributed by atoms with Crippen molar-refractivity contribution in [2.45, 2.75) is 18.4 Å². The lowest BCUT2D eigenvalue weighted by Crippen LogP contribution is -2.07. The van der Waals surface area contributed by atoms with Gasteiger partial charge in [0.1, 0.15) is 5.82 Å². The first-order valence-corrected chi connectivity index (χ1v) is 8.53. The quantitative estimate of drug-likeness (QED) is 0.609. The summed E-state index contributed by atoms with van der Waals surface area (Å²) >= 11 is 11.8. The summed E-state index contributed by atoms with van der Waals surface area (Å²) in [6.07, 6.45) is 0.367. The van der Waals surface area contributed by atoms with E-state index in [1.54, 1.807) is 18.2 Å². The Labute approximate surface area is 153 Å². The predicted molar refractivity (Wildman–Crippen MR) is 92.2 cm³/mol. The fourth-order valence-corrected chi connectivity index (χ4v) is 3.30. The fraction of sp³-hybridized carbons (Fsp3) is 0.222. The average Bonchev–Trinajstić information content (AvgIpc) is 3.26. The lowest BCUT2D eigenvalue weighted by atomic mass is 9.95. The first-order chi connectivity index (χ1) is 12.1. The third-order valence-electron chi connectivity index (χ3n) is 4.21. The van der Waals surface area contributed by atoms with Crippen LogP contribution in [0.4, 0.5) is 4.39 Å². The Morgan fingerprint density at radius 1 is 1.12 bits per heavy atom. The molecular formula is C18H13Cl2FN2O2. The Hall–Kier alpha value is -1.95. The van der Waals surface area contributed by atoms with E-state index in [0.29, 0.717) is 35.3 Å². The molecule has 0 spiro atoms. The maximum absolute atomic E-state index is 13.8. The van der Waals surface area contributed by atoms with Gasteiger partial charge in [-0.1, -0.05) is 46.6 Å². The van der Waals surface area contributed by atoms with Crippen molar-refractivity contribution >= 4 is 23.2 Å². The van der Waals surface area contributed by atoms with Gasteiger partial charge in [-0.05, 0) is 36.2 Å². The fourth-order valence-electron chi connectivity index (χ4n) is 2.99. The smallest absolute Gasteiger partial charge is 0.233 e. The van der Waals surface area contributed by atoms with Crippen LogP contribution in [0, 0.1) is 5.82 Å². The number of hydrogen-bond acceptors (Lipinski definition) is 4. The van der Waals surface area contributed by atoms with Gasteiger partial charge in [0.25, 0.3) is 0 Å². The molecular weight excluding hydrogens is 366 g/mol. The van der Waals surface area contributed by atoms with Crippen molar-refractivity contribution in [2.24, 2.45) is 0 Å². The molecule has 0 radical (unpaired) electrons. The molecule has 3 aromatic rings. The zero-order valence-corrected chi connectivity index (χ0v) is 14.5. The van der Waals surface area contributed by atoms with Gasteiger partial charge in [-0.2, -0.15) is 4.98 Å².